The number of nitrogens with zero attached hydrogens (tertiary/aromatic N) is 1. The highest BCUT2D eigenvalue weighted by Crippen LogP contribution is 2.33. The van der Waals surface area contributed by atoms with E-state index in [2.05, 4.69) is 4.90 Å². The fraction of sp³-hybridized carbons (Fsp3) is 0.455. The van der Waals surface area contributed by atoms with Gasteiger partial charge in [0.25, 0.3) is 0 Å². The van der Waals surface area contributed by atoms with E-state index in [9.17, 15) is 5.11 Å². The SMILES string of the molecule is COc1cccc(-c2ccc(C(O)CCN3CCCCC3)c(OC)c2)c1.Cl. The van der Waals surface area contributed by atoms with Crippen molar-refractivity contribution in [3.05, 3.63) is 48.0 Å². The number of benzene rings is 2. The second-order valence-corrected chi connectivity index (χ2v) is 6.90. The number of rotatable bonds is 7. The molecule has 0 aromatic heterocycles. The summed E-state index contributed by atoms with van der Waals surface area (Å²) in [6.45, 7) is 3.24. The van der Waals surface area contributed by atoms with Crippen molar-refractivity contribution in [3.8, 4) is 22.6 Å². The molecule has 0 bridgehead atoms. The lowest BCUT2D eigenvalue weighted by atomic mass is 9.99. The summed E-state index contributed by atoms with van der Waals surface area (Å²) in [5.74, 6) is 1.56. The Bertz CT molecular complexity index is 716. The predicted molar refractivity (Wildman–Crippen MR) is 112 cm³/mol. The highest BCUT2D eigenvalue weighted by Gasteiger charge is 2.17. The molecule has 1 aliphatic heterocycles. The molecular weight excluding hydrogens is 362 g/mol. The van der Waals surface area contributed by atoms with Crippen LogP contribution in [-0.4, -0.2) is 43.9 Å². The van der Waals surface area contributed by atoms with Gasteiger partial charge in [-0.25, -0.2) is 0 Å². The molecule has 0 spiro atoms. The van der Waals surface area contributed by atoms with Crippen molar-refractivity contribution in [1.29, 1.82) is 0 Å². The largest absolute Gasteiger partial charge is 0.497 e. The fourth-order valence-electron chi connectivity index (χ4n) is 3.61. The number of aliphatic hydroxyl groups is 1. The zero-order chi connectivity index (χ0) is 18.4. The van der Waals surface area contributed by atoms with Crippen LogP contribution in [0.25, 0.3) is 11.1 Å². The molecule has 0 aliphatic carbocycles. The molecule has 1 aliphatic rings. The maximum atomic E-state index is 10.7. The van der Waals surface area contributed by atoms with Gasteiger partial charge in [0, 0.05) is 12.1 Å². The lowest BCUT2D eigenvalue weighted by molar-refractivity contribution is 0.131. The average Bonchev–Trinajstić information content (AvgIpc) is 2.72. The molecule has 3 rings (SSSR count). The van der Waals surface area contributed by atoms with Crippen molar-refractivity contribution < 1.29 is 14.6 Å². The Labute approximate surface area is 168 Å². The molecule has 1 heterocycles. The minimum Gasteiger partial charge on any atom is -0.497 e. The normalized spacial score (nSPS) is 15.7. The molecule has 27 heavy (non-hydrogen) atoms. The summed E-state index contributed by atoms with van der Waals surface area (Å²) in [7, 11) is 3.33. The number of halogens is 1. The van der Waals surface area contributed by atoms with Gasteiger partial charge >= 0.3 is 0 Å². The zero-order valence-corrected chi connectivity index (χ0v) is 17.0. The monoisotopic (exact) mass is 391 g/mol. The molecule has 1 atom stereocenters. The second kappa shape index (κ2) is 10.5. The van der Waals surface area contributed by atoms with E-state index in [1.54, 1.807) is 14.2 Å². The van der Waals surface area contributed by atoms with Crippen LogP contribution in [-0.2, 0) is 0 Å². The summed E-state index contributed by atoms with van der Waals surface area (Å²) in [5.41, 5.74) is 2.97. The highest BCUT2D eigenvalue weighted by molar-refractivity contribution is 5.85. The molecule has 0 radical (unpaired) electrons. The van der Waals surface area contributed by atoms with Gasteiger partial charge < -0.3 is 19.5 Å². The van der Waals surface area contributed by atoms with Crippen molar-refractivity contribution in [2.45, 2.75) is 31.8 Å². The zero-order valence-electron chi connectivity index (χ0n) is 16.2. The Hall–Kier alpha value is -1.75. The van der Waals surface area contributed by atoms with Crippen molar-refractivity contribution in [3.63, 3.8) is 0 Å². The first-order chi connectivity index (χ1) is 12.7. The van der Waals surface area contributed by atoms with Crippen molar-refractivity contribution in [2.24, 2.45) is 0 Å². The number of hydrogen-bond donors (Lipinski definition) is 1. The molecule has 2 aromatic rings. The second-order valence-electron chi connectivity index (χ2n) is 6.90. The molecule has 5 heteroatoms. The number of methoxy groups -OCH3 is 2. The van der Waals surface area contributed by atoms with E-state index < -0.39 is 6.10 Å². The van der Waals surface area contributed by atoms with Gasteiger partial charge in [0.1, 0.15) is 11.5 Å². The molecule has 0 saturated carbocycles. The van der Waals surface area contributed by atoms with E-state index >= 15 is 0 Å². The van der Waals surface area contributed by atoms with E-state index in [1.807, 2.05) is 42.5 Å². The van der Waals surface area contributed by atoms with Crippen LogP contribution in [0, 0.1) is 0 Å². The summed E-state index contributed by atoms with van der Waals surface area (Å²) in [4.78, 5) is 2.45. The van der Waals surface area contributed by atoms with Crippen LogP contribution in [0.5, 0.6) is 11.5 Å². The van der Waals surface area contributed by atoms with Gasteiger partial charge in [-0.3, -0.25) is 0 Å². The molecule has 0 amide bonds. The van der Waals surface area contributed by atoms with Crippen LogP contribution in [0.2, 0.25) is 0 Å². The summed E-state index contributed by atoms with van der Waals surface area (Å²) in [5, 5.41) is 10.7. The van der Waals surface area contributed by atoms with Crippen LogP contribution in [0.4, 0.5) is 0 Å². The molecule has 1 unspecified atom stereocenters. The third-order valence-electron chi connectivity index (χ3n) is 5.16. The topological polar surface area (TPSA) is 41.9 Å². The number of likely N-dealkylation sites (tertiary alicyclic amines) is 1. The summed E-state index contributed by atoms with van der Waals surface area (Å²) in [6, 6.07) is 14.0. The molecule has 148 valence electrons. The number of piperidine rings is 1. The minimum atomic E-state index is -0.508. The van der Waals surface area contributed by atoms with E-state index in [0.717, 1.165) is 54.2 Å². The molecule has 4 nitrogen and oxygen atoms in total. The molecule has 2 aromatic carbocycles. The van der Waals surface area contributed by atoms with Gasteiger partial charge in [-0.1, -0.05) is 30.7 Å². The Morgan fingerprint density at radius 2 is 1.70 bits per heavy atom. The van der Waals surface area contributed by atoms with Crippen molar-refractivity contribution in [1.82, 2.24) is 4.90 Å². The first-order valence-corrected chi connectivity index (χ1v) is 9.44. The van der Waals surface area contributed by atoms with Gasteiger partial charge in [0.05, 0.1) is 20.3 Å². The maximum Gasteiger partial charge on any atom is 0.125 e. The van der Waals surface area contributed by atoms with Crippen LogP contribution in [0.15, 0.2) is 42.5 Å². The summed E-state index contributed by atoms with van der Waals surface area (Å²) >= 11 is 0. The number of aliphatic hydroxyl groups excluding tert-OH is 1. The van der Waals surface area contributed by atoms with E-state index in [-0.39, 0.29) is 12.4 Å². The van der Waals surface area contributed by atoms with Gasteiger partial charge in [0.2, 0.25) is 0 Å². The smallest absolute Gasteiger partial charge is 0.125 e. The lowest BCUT2D eigenvalue weighted by Gasteiger charge is -2.27. The number of hydrogen-bond acceptors (Lipinski definition) is 4. The highest BCUT2D eigenvalue weighted by atomic mass is 35.5. The quantitative estimate of drug-likeness (QED) is 0.742. The fourth-order valence-corrected chi connectivity index (χ4v) is 3.61. The Morgan fingerprint density at radius 1 is 0.963 bits per heavy atom. The van der Waals surface area contributed by atoms with Crippen LogP contribution in [0.3, 0.4) is 0 Å². The van der Waals surface area contributed by atoms with Crippen LogP contribution < -0.4 is 9.47 Å². The van der Waals surface area contributed by atoms with E-state index in [0.29, 0.717) is 0 Å². The van der Waals surface area contributed by atoms with Crippen molar-refractivity contribution >= 4 is 12.4 Å². The molecular formula is C22H30ClNO3. The first-order valence-electron chi connectivity index (χ1n) is 9.44. The van der Waals surface area contributed by atoms with E-state index in [4.69, 9.17) is 9.47 Å². The Balaban J connectivity index is 0.00000261. The average molecular weight is 392 g/mol. The molecule has 1 saturated heterocycles. The Kier molecular flexibility index (Phi) is 8.42. The first kappa shape index (κ1) is 21.5. The Morgan fingerprint density at radius 3 is 2.41 bits per heavy atom. The summed E-state index contributed by atoms with van der Waals surface area (Å²) in [6.07, 6.45) is 4.10. The lowest BCUT2D eigenvalue weighted by Crippen LogP contribution is -2.31. The van der Waals surface area contributed by atoms with Gasteiger partial charge in [0.15, 0.2) is 0 Å². The third-order valence-corrected chi connectivity index (χ3v) is 5.16. The molecule has 1 N–H and O–H groups in total. The maximum absolute atomic E-state index is 10.7. The summed E-state index contributed by atoms with van der Waals surface area (Å²) < 4.78 is 10.9. The van der Waals surface area contributed by atoms with Crippen LogP contribution in [0.1, 0.15) is 37.4 Å². The van der Waals surface area contributed by atoms with E-state index in [1.165, 1.54) is 19.3 Å². The van der Waals surface area contributed by atoms with Gasteiger partial charge in [-0.15, -0.1) is 12.4 Å². The molecule has 1 fully saturated rings. The van der Waals surface area contributed by atoms with Crippen molar-refractivity contribution in [2.75, 3.05) is 33.9 Å². The standard InChI is InChI=1S/C22H29NO3.ClH/c1-25-19-8-6-7-17(15-19)18-9-10-20(22(16-18)26-2)21(24)11-14-23-12-4-3-5-13-23;/h6-10,15-16,21,24H,3-5,11-14H2,1-2H3;1H. The van der Waals surface area contributed by atoms with Crippen LogP contribution >= 0.6 is 12.4 Å². The third kappa shape index (κ3) is 5.61. The minimum absolute atomic E-state index is 0. The van der Waals surface area contributed by atoms with Gasteiger partial charge in [-0.05, 0) is 61.7 Å². The number of ether oxygens (including phenoxy) is 2. The van der Waals surface area contributed by atoms with Gasteiger partial charge in [-0.2, -0.15) is 0 Å². The predicted octanol–water partition coefficient (Wildman–Crippen LogP) is 4.70.